The number of hydrogen-bond acceptors (Lipinski definition) is 4. The standard InChI is InChI=1S/C16H18BrN3O/c1-4-16(3,7-8-18)10-14-19-15(20-21-14)13-6-5-12(17)9-11(13)2/h5-6,9H,4,7,10H2,1-3H3. The highest BCUT2D eigenvalue weighted by atomic mass is 79.9. The van der Waals surface area contributed by atoms with E-state index < -0.39 is 0 Å². The molecule has 1 aromatic carbocycles. The van der Waals surface area contributed by atoms with E-state index in [9.17, 15) is 0 Å². The van der Waals surface area contributed by atoms with Crippen molar-refractivity contribution in [2.24, 2.45) is 5.41 Å². The molecule has 2 rings (SSSR count). The van der Waals surface area contributed by atoms with Crippen LogP contribution in [0.2, 0.25) is 0 Å². The molecule has 2 aromatic rings. The van der Waals surface area contributed by atoms with E-state index in [2.05, 4.69) is 46.0 Å². The summed E-state index contributed by atoms with van der Waals surface area (Å²) in [7, 11) is 0. The van der Waals surface area contributed by atoms with Crippen LogP contribution in [0.1, 0.15) is 38.1 Å². The topological polar surface area (TPSA) is 62.7 Å². The second-order valence-electron chi connectivity index (χ2n) is 5.65. The highest BCUT2D eigenvalue weighted by Crippen LogP contribution is 2.30. The molecule has 0 aliphatic rings. The minimum absolute atomic E-state index is 0.118. The van der Waals surface area contributed by atoms with Crippen LogP contribution in [-0.2, 0) is 6.42 Å². The van der Waals surface area contributed by atoms with Gasteiger partial charge in [0.05, 0.1) is 6.07 Å². The van der Waals surface area contributed by atoms with Crippen LogP contribution in [0.4, 0.5) is 0 Å². The van der Waals surface area contributed by atoms with Crippen molar-refractivity contribution in [2.75, 3.05) is 0 Å². The number of aryl methyl sites for hydroxylation is 1. The molecule has 0 amide bonds. The Balaban J connectivity index is 2.24. The molecule has 0 spiro atoms. The van der Waals surface area contributed by atoms with Crippen LogP contribution < -0.4 is 0 Å². The monoisotopic (exact) mass is 347 g/mol. The Hall–Kier alpha value is -1.67. The first kappa shape index (κ1) is 15.7. The van der Waals surface area contributed by atoms with Gasteiger partial charge in [0.25, 0.3) is 0 Å². The summed E-state index contributed by atoms with van der Waals surface area (Å²) < 4.78 is 6.39. The molecule has 0 saturated heterocycles. The SMILES string of the molecule is CCC(C)(CC#N)Cc1nc(-c2ccc(Br)cc2C)no1. The third-order valence-corrected chi connectivity index (χ3v) is 4.33. The first-order chi connectivity index (χ1) is 9.97. The lowest BCUT2D eigenvalue weighted by molar-refractivity contribution is 0.266. The van der Waals surface area contributed by atoms with Gasteiger partial charge in [0.2, 0.25) is 11.7 Å². The van der Waals surface area contributed by atoms with Gasteiger partial charge in [0, 0.05) is 22.9 Å². The molecule has 0 aliphatic carbocycles. The van der Waals surface area contributed by atoms with E-state index in [0.717, 1.165) is 22.0 Å². The zero-order valence-electron chi connectivity index (χ0n) is 12.5. The zero-order valence-corrected chi connectivity index (χ0v) is 14.1. The van der Waals surface area contributed by atoms with Crippen LogP contribution in [0.5, 0.6) is 0 Å². The van der Waals surface area contributed by atoms with Gasteiger partial charge in [-0.15, -0.1) is 0 Å². The Bertz CT molecular complexity index is 674. The van der Waals surface area contributed by atoms with Crippen molar-refractivity contribution >= 4 is 15.9 Å². The summed E-state index contributed by atoms with van der Waals surface area (Å²) in [6.45, 7) is 6.17. The molecule has 0 fully saturated rings. The molecule has 0 N–H and O–H groups in total. The van der Waals surface area contributed by atoms with Crippen molar-refractivity contribution in [3.63, 3.8) is 0 Å². The Labute approximate surface area is 133 Å². The van der Waals surface area contributed by atoms with Crippen molar-refractivity contribution in [2.45, 2.75) is 40.0 Å². The van der Waals surface area contributed by atoms with Crippen molar-refractivity contribution in [3.05, 3.63) is 34.1 Å². The maximum absolute atomic E-state index is 8.94. The third kappa shape index (κ3) is 3.70. The Morgan fingerprint density at radius 3 is 2.81 bits per heavy atom. The molecule has 0 radical (unpaired) electrons. The Morgan fingerprint density at radius 1 is 1.43 bits per heavy atom. The van der Waals surface area contributed by atoms with E-state index in [1.165, 1.54) is 0 Å². The minimum Gasteiger partial charge on any atom is -0.339 e. The van der Waals surface area contributed by atoms with Gasteiger partial charge in [-0.25, -0.2) is 0 Å². The van der Waals surface area contributed by atoms with Crippen molar-refractivity contribution in [1.82, 2.24) is 10.1 Å². The van der Waals surface area contributed by atoms with Crippen LogP contribution in [0, 0.1) is 23.7 Å². The summed E-state index contributed by atoms with van der Waals surface area (Å²) in [4.78, 5) is 4.48. The van der Waals surface area contributed by atoms with Crippen LogP contribution in [0.3, 0.4) is 0 Å². The second kappa shape index (κ2) is 6.40. The van der Waals surface area contributed by atoms with Crippen molar-refractivity contribution in [1.29, 1.82) is 5.26 Å². The molecule has 1 aromatic heterocycles. The summed E-state index contributed by atoms with van der Waals surface area (Å²) in [5, 5.41) is 13.0. The normalized spacial score (nSPS) is 13.7. The number of hydrogen-bond donors (Lipinski definition) is 0. The smallest absolute Gasteiger partial charge is 0.227 e. The Morgan fingerprint density at radius 2 is 2.19 bits per heavy atom. The van der Waals surface area contributed by atoms with Gasteiger partial charge < -0.3 is 4.52 Å². The number of rotatable bonds is 5. The number of aromatic nitrogens is 2. The van der Waals surface area contributed by atoms with E-state index in [4.69, 9.17) is 9.78 Å². The molecule has 21 heavy (non-hydrogen) atoms. The van der Waals surface area contributed by atoms with E-state index in [0.29, 0.717) is 24.6 Å². The first-order valence-electron chi connectivity index (χ1n) is 6.93. The molecule has 4 nitrogen and oxygen atoms in total. The molecule has 0 bridgehead atoms. The molecule has 110 valence electrons. The average Bonchev–Trinajstić information content (AvgIpc) is 2.87. The van der Waals surface area contributed by atoms with Gasteiger partial charge in [-0.3, -0.25) is 0 Å². The fourth-order valence-electron chi connectivity index (χ4n) is 2.18. The van der Waals surface area contributed by atoms with Gasteiger partial charge in [-0.2, -0.15) is 10.2 Å². The molecular formula is C16H18BrN3O. The quantitative estimate of drug-likeness (QED) is 0.787. The lowest BCUT2D eigenvalue weighted by Gasteiger charge is -2.22. The highest BCUT2D eigenvalue weighted by Gasteiger charge is 2.26. The molecule has 1 atom stereocenters. The van der Waals surface area contributed by atoms with Crippen molar-refractivity contribution < 1.29 is 4.52 Å². The number of benzene rings is 1. The zero-order chi connectivity index (χ0) is 15.5. The summed E-state index contributed by atoms with van der Waals surface area (Å²) in [6, 6.07) is 8.20. The predicted molar refractivity (Wildman–Crippen MR) is 84.5 cm³/mol. The number of nitriles is 1. The minimum atomic E-state index is -0.118. The van der Waals surface area contributed by atoms with Crippen LogP contribution in [0.25, 0.3) is 11.4 Å². The fraction of sp³-hybridized carbons (Fsp3) is 0.438. The highest BCUT2D eigenvalue weighted by molar-refractivity contribution is 9.10. The van der Waals surface area contributed by atoms with Gasteiger partial charge in [0.1, 0.15) is 0 Å². The first-order valence-corrected chi connectivity index (χ1v) is 7.73. The maximum Gasteiger partial charge on any atom is 0.227 e. The van der Waals surface area contributed by atoms with E-state index in [1.54, 1.807) is 0 Å². The average molecular weight is 348 g/mol. The van der Waals surface area contributed by atoms with Crippen LogP contribution in [0.15, 0.2) is 27.2 Å². The van der Waals surface area contributed by atoms with Crippen molar-refractivity contribution in [3.8, 4) is 17.5 Å². The maximum atomic E-state index is 8.94. The third-order valence-electron chi connectivity index (χ3n) is 3.83. The predicted octanol–water partition coefficient (Wildman–Crippen LogP) is 4.68. The molecule has 0 aliphatic heterocycles. The summed E-state index contributed by atoms with van der Waals surface area (Å²) in [5.74, 6) is 1.19. The molecule has 0 saturated carbocycles. The lowest BCUT2D eigenvalue weighted by Crippen LogP contribution is -2.18. The second-order valence-corrected chi connectivity index (χ2v) is 6.56. The number of nitrogens with zero attached hydrogens (tertiary/aromatic N) is 3. The van der Waals surface area contributed by atoms with Gasteiger partial charge >= 0.3 is 0 Å². The van der Waals surface area contributed by atoms with Crippen LogP contribution in [-0.4, -0.2) is 10.1 Å². The summed E-state index contributed by atoms with van der Waals surface area (Å²) in [5.41, 5.74) is 1.94. The summed E-state index contributed by atoms with van der Waals surface area (Å²) >= 11 is 3.45. The number of halogens is 1. The van der Waals surface area contributed by atoms with E-state index in [-0.39, 0.29) is 5.41 Å². The largest absolute Gasteiger partial charge is 0.339 e. The van der Waals surface area contributed by atoms with Crippen LogP contribution >= 0.6 is 15.9 Å². The van der Waals surface area contributed by atoms with E-state index in [1.807, 2.05) is 25.1 Å². The Kier molecular flexibility index (Phi) is 4.79. The van der Waals surface area contributed by atoms with Gasteiger partial charge in [-0.1, -0.05) is 34.9 Å². The van der Waals surface area contributed by atoms with E-state index >= 15 is 0 Å². The van der Waals surface area contributed by atoms with Gasteiger partial charge in [0.15, 0.2) is 0 Å². The fourth-order valence-corrected chi connectivity index (χ4v) is 2.66. The molecule has 1 heterocycles. The van der Waals surface area contributed by atoms with Gasteiger partial charge in [-0.05, 0) is 42.5 Å². The molecule has 1 unspecified atom stereocenters. The summed E-state index contributed by atoms with van der Waals surface area (Å²) in [6.07, 6.45) is 2.01. The molecular weight excluding hydrogens is 330 g/mol. The lowest BCUT2D eigenvalue weighted by atomic mass is 9.81. The molecule has 5 heteroatoms.